The van der Waals surface area contributed by atoms with Crippen molar-refractivity contribution in [1.29, 1.82) is 0 Å². The van der Waals surface area contributed by atoms with Crippen LogP contribution in [0.15, 0.2) is 0 Å². The SMILES string of the molecule is CC(C)c1nnsc1[C]=O. The standard InChI is InChI=1S/C6H7N2OS/c1-4(2)6-5(3-9)10-8-7-6/h4H,1-2H3. The zero-order chi connectivity index (χ0) is 7.56. The van der Waals surface area contributed by atoms with Crippen molar-refractivity contribution in [3.63, 3.8) is 0 Å². The second-order valence-corrected chi connectivity index (χ2v) is 3.00. The van der Waals surface area contributed by atoms with Crippen molar-refractivity contribution in [1.82, 2.24) is 9.59 Å². The van der Waals surface area contributed by atoms with Gasteiger partial charge >= 0.3 is 0 Å². The van der Waals surface area contributed by atoms with E-state index in [0.717, 1.165) is 17.2 Å². The van der Waals surface area contributed by atoms with Crippen LogP contribution in [-0.4, -0.2) is 15.9 Å². The Morgan fingerprint density at radius 3 is 2.70 bits per heavy atom. The summed E-state index contributed by atoms with van der Waals surface area (Å²) in [4.78, 5) is 10.7. The topological polar surface area (TPSA) is 42.9 Å². The molecule has 0 fully saturated rings. The van der Waals surface area contributed by atoms with Gasteiger partial charge < -0.3 is 0 Å². The number of rotatable bonds is 2. The molecule has 0 amide bonds. The van der Waals surface area contributed by atoms with Crippen LogP contribution in [0.5, 0.6) is 0 Å². The van der Waals surface area contributed by atoms with Crippen molar-refractivity contribution < 1.29 is 4.79 Å². The molecule has 10 heavy (non-hydrogen) atoms. The minimum Gasteiger partial charge on any atom is -0.284 e. The first-order valence-corrected chi connectivity index (χ1v) is 3.73. The van der Waals surface area contributed by atoms with E-state index in [1.807, 2.05) is 13.8 Å². The van der Waals surface area contributed by atoms with Crippen LogP contribution in [0.4, 0.5) is 0 Å². The van der Waals surface area contributed by atoms with Gasteiger partial charge in [-0.25, -0.2) is 0 Å². The van der Waals surface area contributed by atoms with E-state index in [1.165, 1.54) is 0 Å². The van der Waals surface area contributed by atoms with Gasteiger partial charge in [0.2, 0.25) is 6.29 Å². The van der Waals surface area contributed by atoms with Crippen LogP contribution in [0.25, 0.3) is 0 Å². The quantitative estimate of drug-likeness (QED) is 0.642. The van der Waals surface area contributed by atoms with Crippen LogP contribution in [0, 0.1) is 0 Å². The van der Waals surface area contributed by atoms with Gasteiger partial charge in [-0.15, -0.1) is 5.10 Å². The predicted molar refractivity (Wildman–Crippen MR) is 38.8 cm³/mol. The fourth-order valence-electron chi connectivity index (χ4n) is 0.646. The van der Waals surface area contributed by atoms with Gasteiger partial charge in [-0.3, -0.25) is 4.79 Å². The van der Waals surface area contributed by atoms with E-state index >= 15 is 0 Å². The van der Waals surface area contributed by atoms with Gasteiger partial charge in [-0.2, -0.15) is 0 Å². The molecular formula is C6H7N2OS. The summed E-state index contributed by atoms with van der Waals surface area (Å²) >= 11 is 1.09. The molecule has 1 rings (SSSR count). The second-order valence-electron chi connectivity index (χ2n) is 2.24. The lowest BCUT2D eigenvalue weighted by Crippen LogP contribution is -1.91. The fourth-order valence-corrected chi connectivity index (χ4v) is 1.26. The Bertz CT molecular complexity index is 231. The lowest BCUT2D eigenvalue weighted by atomic mass is 10.1. The van der Waals surface area contributed by atoms with Crippen molar-refractivity contribution in [2.45, 2.75) is 19.8 Å². The van der Waals surface area contributed by atoms with Crippen molar-refractivity contribution in [3.8, 4) is 0 Å². The molecule has 4 heteroatoms. The third-order valence-electron chi connectivity index (χ3n) is 1.15. The molecule has 0 aliphatic rings. The number of carbonyl (C=O) groups excluding carboxylic acids is 1. The highest BCUT2D eigenvalue weighted by atomic mass is 32.1. The molecule has 0 atom stereocenters. The first-order valence-electron chi connectivity index (χ1n) is 2.96. The summed E-state index contributed by atoms with van der Waals surface area (Å²) in [6, 6.07) is 0. The molecule has 0 spiro atoms. The van der Waals surface area contributed by atoms with Crippen LogP contribution in [0.3, 0.4) is 0 Å². The summed E-state index contributed by atoms with van der Waals surface area (Å²) < 4.78 is 3.64. The van der Waals surface area contributed by atoms with Crippen molar-refractivity contribution in [2.75, 3.05) is 0 Å². The summed E-state index contributed by atoms with van der Waals surface area (Å²) in [7, 11) is 0. The van der Waals surface area contributed by atoms with Crippen LogP contribution in [0.2, 0.25) is 0 Å². The molecule has 1 radical (unpaired) electrons. The van der Waals surface area contributed by atoms with E-state index < -0.39 is 0 Å². The highest BCUT2D eigenvalue weighted by molar-refractivity contribution is 7.07. The smallest absolute Gasteiger partial charge is 0.247 e. The minimum atomic E-state index is 0.259. The zero-order valence-corrected chi connectivity index (χ0v) is 6.60. The van der Waals surface area contributed by atoms with Crippen molar-refractivity contribution in [2.24, 2.45) is 0 Å². The summed E-state index contributed by atoms with van der Waals surface area (Å²) in [5.74, 6) is 0.259. The highest BCUT2D eigenvalue weighted by Gasteiger charge is 2.10. The molecule has 0 aliphatic heterocycles. The number of aromatic nitrogens is 2. The molecule has 0 saturated heterocycles. The van der Waals surface area contributed by atoms with Crippen LogP contribution in [-0.2, 0) is 4.79 Å². The summed E-state index contributed by atoms with van der Waals surface area (Å²) in [6.45, 7) is 3.94. The van der Waals surface area contributed by atoms with Gasteiger partial charge in [0.1, 0.15) is 4.88 Å². The van der Waals surface area contributed by atoms with Gasteiger partial charge in [-0.1, -0.05) is 18.3 Å². The Morgan fingerprint density at radius 2 is 2.30 bits per heavy atom. The average Bonchev–Trinajstić information content (AvgIpc) is 2.33. The maximum Gasteiger partial charge on any atom is 0.247 e. The molecule has 0 unspecified atom stereocenters. The maximum atomic E-state index is 10.2. The summed E-state index contributed by atoms with van der Waals surface area (Å²) in [5.41, 5.74) is 0.750. The van der Waals surface area contributed by atoms with E-state index in [9.17, 15) is 4.79 Å². The Morgan fingerprint density at radius 1 is 1.60 bits per heavy atom. The summed E-state index contributed by atoms with van der Waals surface area (Å²) in [6.07, 6.45) is 1.80. The fraction of sp³-hybridized carbons (Fsp3) is 0.500. The largest absolute Gasteiger partial charge is 0.284 e. The van der Waals surface area contributed by atoms with Gasteiger partial charge in [0.15, 0.2) is 0 Å². The van der Waals surface area contributed by atoms with Crippen LogP contribution >= 0.6 is 11.5 Å². The Hall–Kier alpha value is -0.770. The van der Waals surface area contributed by atoms with Crippen molar-refractivity contribution in [3.05, 3.63) is 10.6 Å². The van der Waals surface area contributed by atoms with Crippen LogP contribution < -0.4 is 0 Å². The number of hydrogen-bond donors (Lipinski definition) is 0. The molecule has 3 nitrogen and oxygen atoms in total. The molecular weight excluding hydrogens is 148 g/mol. The zero-order valence-electron chi connectivity index (χ0n) is 5.79. The minimum absolute atomic E-state index is 0.259. The molecule has 0 saturated carbocycles. The molecule has 1 heterocycles. The predicted octanol–water partition coefficient (Wildman–Crippen LogP) is 1.12. The van der Waals surface area contributed by atoms with E-state index in [-0.39, 0.29) is 5.92 Å². The lowest BCUT2D eigenvalue weighted by Gasteiger charge is -1.95. The van der Waals surface area contributed by atoms with E-state index in [4.69, 9.17) is 0 Å². The lowest BCUT2D eigenvalue weighted by molar-refractivity contribution is 0.562. The number of hydrogen-bond acceptors (Lipinski definition) is 4. The van der Waals surface area contributed by atoms with Crippen LogP contribution in [0.1, 0.15) is 30.3 Å². The van der Waals surface area contributed by atoms with E-state index in [2.05, 4.69) is 9.59 Å². The molecule has 53 valence electrons. The first-order chi connectivity index (χ1) is 4.75. The Kier molecular flexibility index (Phi) is 2.11. The van der Waals surface area contributed by atoms with E-state index in [0.29, 0.717) is 4.88 Å². The third kappa shape index (κ3) is 1.21. The maximum absolute atomic E-state index is 10.2. The molecule has 0 bridgehead atoms. The highest BCUT2D eigenvalue weighted by Crippen LogP contribution is 2.16. The third-order valence-corrected chi connectivity index (χ3v) is 1.79. The van der Waals surface area contributed by atoms with E-state index in [1.54, 1.807) is 6.29 Å². The molecule has 0 N–H and O–H groups in total. The van der Waals surface area contributed by atoms with Gasteiger partial charge in [0.05, 0.1) is 5.69 Å². The number of nitrogens with zero attached hydrogens (tertiary/aromatic N) is 2. The molecule has 0 aromatic carbocycles. The molecule has 0 aliphatic carbocycles. The molecule has 1 aromatic heterocycles. The second kappa shape index (κ2) is 2.88. The van der Waals surface area contributed by atoms with Gasteiger partial charge in [-0.05, 0) is 17.5 Å². The Balaban J connectivity index is 3.01. The Labute approximate surface area is 63.2 Å². The normalized spacial score (nSPS) is 10.3. The van der Waals surface area contributed by atoms with Crippen molar-refractivity contribution >= 4 is 17.8 Å². The van der Waals surface area contributed by atoms with Gasteiger partial charge in [0, 0.05) is 0 Å². The summed E-state index contributed by atoms with van der Waals surface area (Å²) in [5, 5.41) is 3.79. The molecule has 1 aromatic rings. The average molecular weight is 155 g/mol. The first kappa shape index (κ1) is 7.34. The monoisotopic (exact) mass is 155 g/mol. The van der Waals surface area contributed by atoms with Gasteiger partial charge in [0.25, 0.3) is 0 Å².